The van der Waals surface area contributed by atoms with Gasteiger partial charge in [-0.1, -0.05) is 31.2 Å². The van der Waals surface area contributed by atoms with E-state index in [0.29, 0.717) is 11.4 Å². The van der Waals surface area contributed by atoms with Gasteiger partial charge in [-0.05, 0) is 24.1 Å². The van der Waals surface area contributed by atoms with Crippen LogP contribution in [0.15, 0.2) is 30.5 Å². The van der Waals surface area contributed by atoms with Crippen LogP contribution in [0, 0.1) is 0 Å². The number of fused-ring (bicyclic) bond motifs is 1. The second-order valence-electron chi connectivity index (χ2n) is 5.11. The molecule has 0 radical (unpaired) electrons. The lowest BCUT2D eigenvalue weighted by molar-refractivity contribution is -0.137. The van der Waals surface area contributed by atoms with Gasteiger partial charge in [-0.2, -0.15) is 13.2 Å². The number of aromatic nitrogens is 1. The van der Waals surface area contributed by atoms with Gasteiger partial charge >= 0.3 is 6.18 Å². The highest BCUT2D eigenvalue weighted by molar-refractivity contribution is 7.11. The second-order valence-corrected chi connectivity index (χ2v) is 6.17. The molecule has 1 aromatic carbocycles. The molecule has 2 unspecified atom stereocenters. The van der Waals surface area contributed by atoms with Gasteiger partial charge in [0.25, 0.3) is 0 Å². The molecule has 1 heterocycles. The van der Waals surface area contributed by atoms with Gasteiger partial charge in [0.05, 0.1) is 6.04 Å². The smallest absolute Gasteiger partial charge is 0.309 e. The molecule has 1 aliphatic carbocycles. The molecule has 0 aliphatic heterocycles. The fourth-order valence-electron chi connectivity index (χ4n) is 2.82. The van der Waals surface area contributed by atoms with Crippen LogP contribution in [0.2, 0.25) is 0 Å². The van der Waals surface area contributed by atoms with Crippen LogP contribution in [-0.4, -0.2) is 11.5 Å². The van der Waals surface area contributed by atoms with Crippen molar-refractivity contribution in [3.63, 3.8) is 0 Å². The van der Waals surface area contributed by atoms with Gasteiger partial charge in [-0.3, -0.25) is 0 Å². The number of alkyl halides is 3. The predicted octanol–water partition coefficient (Wildman–Crippen LogP) is 4.15. The lowest BCUT2D eigenvalue weighted by Crippen LogP contribution is -2.32. The number of hydrogen-bond acceptors (Lipinski definition) is 3. The van der Waals surface area contributed by atoms with Crippen LogP contribution in [0.1, 0.15) is 39.9 Å². The first-order chi connectivity index (χ1) is 10.0. The summed E-state index contributed by atoms with van der Waals surface area (Å²) in [5.74, 6) is 0.225. The SMILES string of the molecule is CCNC(c1cnc(C(F)(F)F)s1)C1Cc2ccccc21. The van der Waals surface area contributed by atoms with E-state index >= 15 is 0 Å². The van der Waals surface area contributed by atoms with E-state index in [1.807, 2.05) is 19.1 Å². The van der Waals surface area contributed by atoms with E-state index in [-0.39, 0.29) is 12.0 Å². The highest BCUT2D eigenvalue weighted by Gasteiger charge is 2.38. The molecule has 0 saturated heterocycles. The van der Waals surface area contributed by atoms with Crippen molar-refractivity contribution in [2.24, 2.45) is 0 Å². The van der Waals surface area contributed by atoms with Gasteiger partial charge < -0.3 is 5.32 Å². The minimum Gasteiger partial charge on any atom is -0.309 e. The summed E-state index contributed by atoms with van der Waals surface area (Å²) in [6.45, 7) is 2.67. The summed E-state index contributed by atoms with van der Waals surface area (Å²) in [4.78, 5) is 4.20. The van der Waals surface area contributed by atoms with Crippen molar-refractivity contribution in [1.29, 1.82) is 0 Å². The van der Waals surface area contributed by atoms with E-state index in [2.05, 4.69) is 22.4 Å². The van der Waals surface area contributed by atoms with Gasteiger partial charge in [0.1, 0.15) is 0 Å². The number of hydrogen-bond donors (Lipinski definition) is 1. The van der Waals surface area contributed by atoms with Crippen LogP contribution in [0.4, 0.5) is 13.2 Å². The molecule has 2 nitrogen and oxygen atoms in total. The molecule has 0 fully saturated rings. The van der Waals surface area contributed by atoms with Crippen molar-refractivity contribution in [1.82, 2.24) is 10.3 Å². The molecular weight excluding hydrogens is 297 g/mol. The molecule has 0 saturated carbocycles. The van der Waals surface area contributed by atoms with Gasteiger partial charge in [0.15, 0.2) is 5.01 Å². The molecule has 0 spiro atoms. The zero-order chi connectivity index (χ0) is 15.0. The molecule has 112 valence electrons. The number of halogens is 3. The summed E-state index contributed by atoms with van der Waals surface area (Å²) in [6, 6.07) is 7.99. The Morgan fingerprint density at radius 3 is 2.76 bits per heavy atom. The van der Waals surface area contributed by atoms with Crippen molar-refractivity contribution >= 4 is 11.3 Å². The Hall–Kier alpha value is -1.40. The van der Waals surface area contributed by atoms with E-state index in [9.17, 15) is 13.2 Å². The Morgan fingerprint density at radius 2 is 2.14 bits per heavy atom. The quantitative estimate of drug-likeness (QED) is 0.917. The van der Waals surface area contributed by atoms with Crippen molar-refractivity contribution in [3.8, 4) is 0 Å². The van der Waals surface area contributed by atoms with Crippen molar-refractivity contribution < 1.29 is 13.2 Å². The molecular formula is C15H15F3N2S. The monoisotopic (exact) mass is 312 g/mol. The summed E-state index contributed by atoms with van der Waals surface area (Å²) < 4.78 is 38.1. The van der Waals surface area contributed by atoms with Crippen molar-refractivity contribution in [3.05, 3.63) is 51.5 Å². The molecule has 1 aliphatic rings. The largest absolute Gasteiger partial charge is 0.443 e. The number of nitrogens with one attached hydrogen (secondary N) is 1. The normalized spacial score (nSPS) is 19.0. The van der Waals surface area contributed by atoms with E-state index in [1.165, 1.54) is 17.3 Å². The summed E-state index contributed by atoms with van der Waals surface area (Å²) >= 11 is 0.742. The molecule has 21 heavy (non-hydrogen) atoms. The van der Waals surface area contributed by atoms with Gasteiger partial charge in [0, 0.05) is 17.0 Å². The molecule has 2 atom stereocenters. The second kappa shape index (κ2) is 5.42. The molecule has 6 heteroatoms. The van der Waals surface area contributed by atoms with E-state index in [0.717, 1.165) is 17.8 Å². The average Bonchev–Trinajstić information content (AvgIpc) is 2.88. The zero-order valence-electron chi connectivity index (χ0n) is 11.4. The number of likely N-dealkylation sites (N-methyl/N-ethyl adjacent to an activating group) is 1. The van der Waals surface area contributed by atoms with Crippen LogP contribution in [0.5, 0.6) is 0 Å². The molecule has 3 rings (SSSR count). The first kappa shape index (κ1) is 14.5. The Labute approximate surface area is 125 Å². The maximum Gasteiger partial charge on any atom is 0.443 e. The summed E-state index contributed by atoms with van der Waals surface area (Å²) in [5, 5.41) is 2.54. The minimum absolute atomic E-state index is 0.0986. The number of thiazole rings is 1. The number of nitrogens with zero attached hydrogens (tertiary/aromatic N) is 1. The third kappa shape index (κ3) is 2.70. The van der Waals surface area contributed by atoms with E-state index in [1.54, 1.807) is 0 Å². The van der Waals surface area contributed by atoms with Crippen LogP contribution < -0.4 is 5.32 Å². The molecule has 2 aromatic rings. The Morgan fingerprint density at radius 1 is 1.38 bits per heavy atom. The topological polar surface area (TPSA) is 24.9 Å². The maximum absolute atomic E-state index is 12.7. The fourth-order valence-corrected chi connectivity index (χ4v) is 3.74. The standard InChI is InChI=1S/C15H15F3N2S/c1-2-19-13(11-7-9-5-3-4-6-10(9)11)12-8-20-14(21-12)15(16,17)18/h3-6,8,11,13,19H,2,7H2,1H3. The molecule has 0 amide bonds. The lowest BCUT2D eigenvalue weighted by atomic mass is 9.73. The molecule has 0 bridgehead atoms. The van der Waals surface area contributed by atoms with Crippen LogP contribution >= 0.6 is 11.3 Å². The van der Waals surface area contributed by atoms with Gasteiger partial charge in [-0.15, -0.1) is 11.3 Å². The highest BCUT2D eigenvalue weighted by atomic mass is 32.1. The highest BCUT2D eigenvalue weighted by Crippen LogP contribution is 2.45. The number of rotatable bonds is 4. The first-order valence-electron chi connectivity index (χ1n) is 6.84. The zero-order valence-corrected chi connectivity index (χ0v) is 12.3. The number of benzene rings is 1. The van der Waals surface area contributed by atoms with E-state index in [4.69, 9.17) is 0 Å². The maximum atomic E-state index is 12.7. The fraction of sp³-hybridized carbons (Fsp3) is 0.400. The van der Waals surface area contributed by atoms with Crippen LogP contribution in [0.25, 0.3) is 0 Å². The molecule has 1 aromatic heterocycles. The Bertz CT molecular complexity index is 636. The summed E-state index contributed by atoms with van der Waals surface area (Å²) in [6.07, 6.45) is -2.11. The Balaban J connectivity index is 1.88. The Kier molecular flexibility index (Phi) is 3.75. The summed E-state index contributed by atoms with van der Waals surface area (Å²) in [5.41, 5.74) is 2.51. The van der Waals surface area contributed by atoms with Gasteiger partial charge in [0.2, 0.25) is 0 Å². The molecule has 1 N–H and O–H groups in total. The lowest BCUT2D eigenvalue weighted by Gasteiger charge is -2.36. The average molecular weight is 312 g/mol. The van der Waals surface area contributed by atoms with Crippen LogP contribution in [0.3, 0.4) is 0 Å². The third-order valence-electron chi connectivity index (χ3n) is 3.79. The van der Waals surface area contributed by atoms with Crippen molar-refractivity contribution in [2.45, 2.75) is 31.5 Å². The predicted molar refractivity (Wildman–Crippen MR) is 76.4 cm³/mol. The van der Waals surface area contributed by atoms with Crippen molar-refractivity contribution in [2.75, 3.05) is 6.54 Å². The van der Waals surface area contributed by atoms with Gasteiger partial charge in [-0.25, -0.2) is 4.98 Å². The van der Waals surface area contributed by atoms with E-state index < -0.39 is 11.2 Å². The minimum atomic E-state index is -4.36. The first-order valence-corrected chi connectivity index (χ1v) is 7.66. The summed E-state index contributed by atoms with van der Waals surface area (Å²) in [7, 11) is 0. The van der Waals surface area contributed by atoms with Crippen LogP contribution in [-0.2, 0) is 12.6 Å². The third-order valence-corrected chi connectivity index (χ3v) is 4.92.